The molecule has 1 aromatic rings. The summed E-state index contributed by atoms with van der Waals surface area (Å²) in [4.78, 5) is 4.22. The summed E-state index contributed by atoms with van der Waals surface area (Å²) in [5.74, 6) is 0.843. The summed E-state index contributed by atoms with van der Waals surface area (Å²) in [6, 6.07) is 10.6. The highest BCUT2D eigenvalue weighted by molar-refractivity contribution is 5.80. The molecule has 0 aliphatic carbocycles. The predicted octanol–water partition coefficient (Wildman–Crippen LogP) is 2.88. The van der Waals surface area contributed by atoms with Gasteiger partial charge in [0, 0.05) is 13.6 Å². The molecule has 0 amide bonds. The third-order valence-electron chi connectivity index (χ3n) is 2.72. The number of rotatable bonds is 5. The highest BCUT2D eigenvalue weighted by atomic mass is 15.2. The zero-order valence-corrected chi connectivity index (χ0v) is 11.5. The summed E-state index contributed by atoms with van der Waals surface area (Å²) in [6.07, 6.45) is 5.21. The summed E-state index contributed by atoms with van der Waals surface area (Å²) in [5, 5.41) is 6.67. The van der Waals surface area contributed by atoms with Gasteiger partial charge in [-0.15, -0.1) is 0 Å². The van der Waals surface area contributed by atoms with Crippen LogP contribution in [0.25, 0.3) is 0 Å². The second-order valence-corrected chi connectivity index (χ2v) is 4.13. The van der Waals surface area contributed by atoms with Gasteiger partial charge < -0.3 is 10.6 Å². The molecule has 0 bridgehead atoms. The van der Waals surface area contributed by atoms with Crippen LogP contribution in [0.15, 0.2) is 47.5 Å². The van der Waals surface area contributed by atoms with Crippen molar-refractivity contribution >= 4 is 5.96 Å². The van der Waals surface area contributed by atoms with Gasteiger partial charge in [0.1, 0.15) is 0 Å². The number of nitrogens with one attached hydrogen (secondary N) is 2. The average Bonchev–Trinajstić information content (AvgIpc) is 2.43. The van der Waals surface area contributed by atoms with Gasteiger partial charge in [-0.25, -0.2) is 0 Å². The van der Waals surface area contributed by atoms with Crippen molar-refractivity contribution in [2.45, 2.75) is 26.3 Å². The van der Waals surface area contributed by atoms with Crippen LogP contribution in [0.4, 0.5) is 0 Å². The molecule has 0 heterocycles. The van der Waals surface area contributed by atoms with Crippen LogP contribution in [0.1, 0.15) is 31.9 Å². The maximum Gasteiger partial charge on any atom is 0.191 e. The minimum Gasteiger partial charge on any atom is -0.356 e. The van der Waals surface area contributed by atoms with Gasteiger partial charge in [0.2, 0.25) is 0 Å². The van der Waals surface area contributed by atoms with Gasteiger partial charge in [-0.1, -0.05) is 42.5 Å². The van der Waals surface area contributed by atoms with Crippen molar-refractivity contribution in [3.63, 3.8) is 0 Å². The number of guanidine groups is 1. The van der Waals surface area contributed by atoms with E-state index in [9.17, 15) is 0 Å². The van der Waals surface area contributed by atoms with E-state index in [1.165, 1.54) is 5.56 Å². The Kier molecular flexibility index (Phi) is 6.62. The van der Waals surface area contributed by atoms with E-state index in [4.69, 9.17) is 0 Å². The fraction of sp³-hybridized carbons (Fsp3) is 0.400. The molecule has 3 nitrogen and oxygen atoms in total. The van der Waals surface area contributed by atoms with Crippen molar-refractivity contribution in [1.29, 1.82) is 0 Å². The molecule has 18 heavy (non-hydrogen) atoms. The molecule has 1 unspecified atom stereocenters. The predicted molar refractivity (Wildman–Crippen MR) is 78.8 cm³/mol. The number of allylic oxidation sites excluding steroid dienone is 1. The van der Waals surface area contributed by atoms with Crippen molar-refractivity contribution in [1.82, 2.24) is 10.6 Å². The molecule has 98 valence electrons. The van der Waals surface area contributed by atoms with E-state index in [1.54, 1.807) is 7.05 Å². The van der Waals surface area contributed by atoms with E-state index in [-0.39, 0.29) is 6.04 Å². The molecular weight excluding hydrogens is 222 g/mol. The van der Waals surface area contributed by atoms with Gasteiger partial charge in [-0.2, -0.15) is 0 Å². The molecule has 0 saturated carbocycles. The van der Waals surface area contributed by atoms with Crippen LogP contribution in [0.3, 0.4) is 0 Å². The highest BCUT2D eigenvalue weighted by Crippen LogP contribution is 2.10. The van der Waals surface area contributed by atoms with Crippen LogP contribution in [0.2, 0.25) is 0 Å². The summed E-state index contributed by atoms with van der Waals surface area (Å²) in [5.41, 5.74) is 1.26. The summed E-state index contributed by atoms with van der Waals surface area (Å²) in [7, 11) is 1.79. The van der Waals surface area contributed by atoms with Gasteiger partial charge >= 0.3 is 0 Å². The second kappa shape index (κ2) is 8.34. The third kappa shape index (κ3) is 5.04. The number of hydrogen-bond acceptors (Lipinski definition) is 1. The standard InChI is InChI=1S/C15H23N3/c1-4-5-9-12-17-15(16-3)18-13(2)14-10-7-6-8-11-14/h4-8,10-11,13H,9,12H2,1-3H3,(H2,16,17,18). The lowest BCUT2D eigenvalue weighted by Gasteiger charge is -2.18. The summed E-state index contributed by atoms with van der Waals surface area (Å²) < 4.78 is 0. The number of aliphatic imine (C=N–C) groups is 1. The van der Waals surface area contributed by atoms with Crippen LogP contribution in [-0.2, 0) is 0 Å². The van der Waals surface area contributed by atoms with Gasteiger partial charge in [0.15, 0.2) is 5.96 Å². The van der Waals surface area contributed by atoms with Crippen molar-refractivity contribution in [2.75, 3.05) is 13.6 Å². The molecule has 2 N–H and O–H groups in total. The van der Waals surface area contributed by atoms with E-state index in [1.807, 2.05) is 13.0 Å². The normalized spacial score (nSPS) is 13.6. The molecule has 0 saturated heterocycles. The van der Waals surface area contributed by atoms with Gasteiger partial charge in [0.05, 0.1) is 6.04 Å². The minimum atomic E-state index is 0.249. The summed E-state index contributed by atoms with van der Waals surface area (Å²) >= 11 is 0. The van der Waals surface area contributed by atoms with Crippen LogP contribution >= 0.6 is 0 Å². The lowest BCUT2D eigenvalue weighted by Crippen LogP contribution is -2.39. The molecule has 0 fully saturated rings. The van der Waals surface area contributed by atoms with E-state index in [2.05, 4.69) is 59.0 Å². The smallest absolute Gasteiger partial charge is 0.191 e. The van der Waals surface area contributed by atoms with Crippen molar-refractivity contribution in [3.8, 4) is 0 Å². The first-order chi connectivity index (χ1) is 8.77. The molecule has 1 atom stereocenters. The first-order valence-corrected chi connectivity index (χ1v) is 6.41. The quantitative estimate of drug-likeness (QED) is 0.362. The first-order valence-electron chi connectivity index (χ1n) is 6.41. The first kappa shape index (κ1) is 14.3. The van der Waals surface area contributed by atoms with Crippen molar-refractivity contribution < 1.29 is 0 Å². The highest BCUT2D eigenvalue weighted by Gasteiger charge is 2.06. The zero-order valence-electron chi connectivity index (χ0n) is 11.5. The lowest BCUT2D eigenvalue weighted by atomic mass is 10.1. The second-order valence-electron chi connectivity index (χ2n) is 4.13. The topological polar surface area (TPSA) is 36.4 Å². The van der Waals surface area contributed by atoms with E-state index >= 15 is 0 Å². The van der Waals surface area contributed by atoms with Crippen LogP contribution in [-0.4, -0.2) is 19.6 Å². The minimum absolute atomic E-state index is 0.249. The number of nitrogens with zero attached hydrogens (tertiary/aromatic N) is 1. The van der Waals surface area contributed by atoms with Crippen LogP contribution in [0, 0.1) is 0 Å². The molecule has 0 aliphatic rings. The van der Waals surface area contributed by atoms with E-state index in [0.29, 0.717) is 0 Å². The Balaban J connectivity index is 2.44. The molecule has 0 aliphatic heterocycles. The Labute approximate surface area is 110 Å². The Morgan fingerprint density at radius 1 is 1.33 bits per heavy atom. The molecule has 0 spiro atoms. The molecule has 1 rings (SSSR count). The monoisotopic (exact) mass is 245 g/mol. The number of hydrogen-bond donors (Lipinski definition) is 2. The Bertz CT molecular complexity index is 382. The Hall–Kier alpha value is -1.77. The Morgan fingerprint density at radius 3 is 2.67 bits per heavy atom. The molecule has 0 aromatic heterocycles. The fourth-order valence-corrected chi connectivity index (χ4v) is 1.67. The molecule has 1 aromatic carbocycles. The largest absolute Gasteiger partial charge is 0.356 e. The van der Waals surface area contributed by atoms with Crippen molar-refractivity contribution in [2.24, 2.45) is 4.99 Å². The van der Waals surface area contributed by atoms with E-state index in [0.717, 1.165) is 18.9 Å². The average molecular weight is 245 g/mol. The Morgan fingerprint density at radius 2 is 2.06 bits per heavy atom. The van der Waals surface area contributed by atoms with Crippen molar-refractivity contribution in [3.05, 3.63) is 48.0 Å². The zero-order chi connectivity index (χ0) is 13.2. The van der Waals surface area contributed by atoms with E-state index < -0.39 is 0 Å². The van der Waals surface area contributed by atoms with Gasteiger partial charge in [-0.3, -0.25) is 4.99 Å². The molecular formula is C15H23N3. The fourth-order valence-electron chi connectivity index (χ4n) is 1.67. The SMILES string of the molecule is CC=CCCNC(=NC)NC(C)c1ccccc1. The van der Waals surface area contributed by atoms with Gasteiger partial charge in [-0.05, 0) is 25.8 Å². The maximum atomic E-state index is 4.22. The number of benzene rings is 1. The van der Waals surface area contributed by atoms with Gasteiger partial charge in [0.25, 0.3) is 0 Å². The van der Waals surface area contributed by atoms with Crippen LogP contribution in [0.5, 0.6) is 0 Å². The molecule has 0 radical (unpaired) electrons. The third-order valence-corrected chi connectivity index (χ3v) is 2.72. The molecule has 3 heteroatoms. The van der Waals surface area contributed by atoms with Crippen LogP contribution < -0.4 is 10.6 Å². The summed E-state index contributed by atoms with van der Waals surface area (Å²) in [6.45, 7) is 5.06. The lowest BCUT2D eigenvalue weighted by molar-refractivity contribution is 0.686. The maximum absolute atomic E-state index is 4.22.